The summed E-state index contributed by atoms with van der Waals surface area (Å²) in [5.41, 5.74) is 2.55. The first-order valence-electron chi connectivity index (χ1n) is 7.82. The monoisotopic (exact) mass is 285 g/mol. The van der Waals surface area contributed by atoms with Crippen molar-refractivity contribution < 1.29 is 4.74 Å². The van der Waals surface area contributed by atoms with Crippen LogP contribution < -0.4 is 10.1 Å². The zero-order chi connectivity index (χ0) is 14.7. The number of nitrogens with zero attached hydrogens (tertiary/aromatic N) is 2. The van der Waals surface area contributed by atoms with Crippen LogP contribution in [0.15, 0.2) is 36.5 Å². The zero-order valence-electron chi connectivity index (χ0n) is 12.7. The average molecular weight is 285 g/mol. The van der Waals surface area contributed by atoms with Crippen LogP contribution in [0, 0.1) is 0 Å². The van der Waals surface area contributed by atoms with Crippen molar-refractivity contribution in [2.24, 2.45) is 0 Å². The number of fused-ring (bicyclic) bond motifs is 1. The van der Waals surface area contributed by atoms with E-state index in [1.807, 2.05) is 12.3 Å². The van der Waals surface area contributed by atoms with E-state index in [1.165, 1.54) is 11.3 Å². The predicted octanol–water partition coefficient (Wildman–Crippen LogP) is 3.12. The first-order chi connectivity index (χ1) is 10.3. The molecule has 1 aliphatic heterocycles. The van der Waals surface area contributed by atoms with Crippen LogP contribution in [-0.4, -0.2) is 22.9 Å². The van der Waals surface area contributed by atoms with Crippen LogP contribution in [0.2, 0.25) is 0 Å². The highest BCUT2D eigenvalue weighted by atomic mass is 16.5. The molecule has 21 heavy (non-hydrogen) atoms. The second kappa shape index (κ2) is 6.31. The van der Waals surface area contributed by atoms with Gasteiger partial charge in [0.05, 0.1) is 18.3 Å². The molecular formula is C17H23N3O. The van der Waals surface area contributed by atoms with E-state index in [1.54, 1.807) is 0 Å². The van der Waals surface area contributed by atoms with E-state index in [4.69, 9.17) is 4.74 Å². The molecule has 0 aliphatic carbocycles. The van der Waals surface area contributed by atoms with Gasteiger partial charge in [0.2, 0.25) is 0 Å². The maximum Gasteiger partial charge on any atom is 0.122 e. The highest BCUT2D eigenvalue weighted by Crippen LogP contribution is 2.41. The van der Waals surface area contributed by atoms with Crippen LogP contribution in [0.1, 0.15) is 43.5 Å². The molecule has 0 bridgehead atoms. The maximum atomic E-state index is 5.87. The Kier molecular flexibility index (Phi) is 4.25. The Morgan fingerprint density at radius 1 is 1.33 bits per heavy atom. The Hall–Kier alpha value is -1.81. The van der Waals surface area contributed by atoms with Crippen LogP contribution in [0.4, 0.5) is 0 Å². The fourth-order valence-electron chi connectivity index (χ4n) is 3.14. The lowest BCUT2D eigenvalue weighted by atomic mass is 9.91. The van der Waals surface area contributed by atoms with Crippen molar-refractivity contribution in [2.45, 2.75) is 38.8 Å². The van der Waals surface area contributed by atoms with Crippen LogP contribution in [0.3, 0.4) is 0 Å². The third-order valence-electron chi connectivity index (χ3n) is 4.07. The lowest BCUT2D eigenvalue weighted by molar-refractivity contribution is 0.294. The first-order valence-corrected chi connectivity index (χ1v) is 7.82. The molecule has 1 N–H and O–H groups in total. The lowest BCUT2D eigenvalue weighted by Crippen LogP contribution is -2.30. The molecule has 4 nitrogen and oxygen atoms in total. The molecule has 0 saturated carbocycles. The number of aromatic nitrogens is 2. The van der Waals surface area contributed by atoms with Crippen molar-refractivity contribution in [1.29, 1.82) is 0 Å². The summed E-state index contributed by atoms with van der Waals surface area (Å²) in [4.78, 5) is 0. The average Bonchev–Trinajstić information content (AvgIpc) is 3.12. The van der Waals surface area contributed by atoms with Gasteiger partial charge in [-0.25, -0.2) is 0 Å². The van der Waals surface area contributed by atoms with Gasteiger partial charge in [-0.05, 0) is 25.1 Å². The molecule has 0 saturated heterocycles. The highest BCUT2D eigenvalue weighted by Gasteiger charge is 2.33. The second-order valence-corrected chi connectivity index (χ2v) is 5.47. The van der Waals surface area contributed by atoms with Crippen molar-refractivity contribution in [1.82, 2.24) is 15.1 Å². The van der Waals surface area contributed by atoms with Crippen molar-refractivity contribution >= 4 is 0 Å². The molecule has 0 amide bonds. The minimum atomic E-state index is 0.243. The summed E-state index contributed by atoms with van der Waals surface area (Å²) in [6, 6.07) is 10.7. The molecule has 1 aromatic carbocycles. The van der Waals surface area contributed by atoms with Crippen molar-refractivity contribution in [3.05, 3.63) is 47.8 Å². The van der Waals surface area contributed by atoms with Gasteiger partial charge in [0, 0.05) is 24.2 Å². The zero-order valence-corrected chi connectivity index (χ0v) is 12.7. The van der Waals surface area contributed by atoms with Crippen LogP contribution in [-0.2, 0) is 6.54 Å². The fraction of sp³-hybridized carbons (Fsp3) is 0.471. The number of ether oxygens (including phenoxy) is 1. The molecule has 1 aromatic heterocycles. The van der Waals surface area contributed by atoms with Crippen molar-refractivity contribution in [3.8, 4) is 5.75 Å². The van der Waals surface area contributed by atoms with Crippen molar-refractivity contribution in [3.63, 3.8) is 0 Å². The largest absolute Gasteiger partial charge is 0.493 e. The lowest BCUT2D eigenvalue weighted by Gasteiger charge is -2.24. The minimum absolute atomic E-state index is 0.243. The number of hydrogen-bond acceptors (Lipinski definition) is 3. The van der Waals surface area contributed by atoms with Gasteiger partial charge in [0.1, 0.15) is 5.75 Å². The Morgan fingerprint density at radius 3 is 3.00 bits per heavy atom. The molecule has 3 rings (SSSR count). The standard InChI is InChI=1S/C17H23N3O/c1-3-11-20-15(9-10-19-20)17(18-4-2)14-12-21-16-8-6-5-7-13(14)16/h5-10,14,17-18H,3-4,11-12H2,1-2H3. The van der Waals surface area contributed by atoms with Gasteiger partial charge < -0.3 is 10.1 Å². The minimum Gasteiger partial charge on any atom is -0.493 e. The molecule has 2 heterocycles. The molecule has 0 radical (unpaired) electrons. The molecule has 2 atom stereocenters. The van der Waals surface area contributed by atoms with Gasteiger partial charge in [0.25, 0.3) is 0 Å². The van der Waals surface area contributed by atoms with E-state index in [-0.39, 0.29) is 6.04 Å². The number of nitrogens with one attached hydrogen (secondary N) is 1. The van der Waals surface area contributed by atoms with Crippen LogP contribution in [0.5, 0.6) is 5.75 Å². The quantitative estimate of drug-likeness (QED) is 0.886. The molecule has 0 spiro atoms. The van der Waals surface area contributed by atoms with Gasteiger partial charge in [-0.3, -0.25) is 4.68 Å². The Bertz CT molecular complexity index is 593. The number of rotatable bonds is 6. The van der Waals surface area contributed by atoms with Crippen molar-refractivity contribution in [2.75, 3.05) is 13.2 Å². The van der Waals surface area contributed by atoms with E-state index in [9.17, 15) is 0 Å². The smallest absolute Gasteiger partial charge is 0.122 e. The molecular weight excluding hydrogens is 262 g/mol. The molecule has 112 valence electrons. The van der Waals surface area contributed by atoms with E-state index in [0.717, 1.165) is 31.9 Å². The summed E-state index contributed by atoms with van der Waals surface area (Å²) in [7, 11) is 0. The van der Waals surface area contributed by atoms with E-state index in [0.29, 0.717) is 5.92 Å². The highest BCUT2D eigenvalue weighted by molar-refractivity contribution is 5.41. The second-order valence-electron chi connectivity index (χ2n) is 5.47. The summed E-state index contributed by atoms with van der Waals surface area (Å²) in [5, 5.41) is 8.10. The summed E-state index contributed by atoms with van der Waals surface area (Å²) in [5.74, 6) is 1.36. The topological polar surface area (TPSA) is 39.1 Å². The maximum absolute atomic E-state index is 5.87. The molecule has 2 unspecified atom stereocenters. The van der Waals surface area contributed by atoms with Crippen LogP contribution >= 0.6 is 0 Å². The van der Waals surface area contributed by atoms with Gasteiger partial charge in [-0.2, -0.15) is 5.10 Å². The summed E-state index contributed by atoms with van der Waals surface area (Å²) < 4.78 is 7.99. The Morgan fingerprint density at radius 2 is 2.19 bits per heavy atom. The van der Waals surface area contributed by atoms with Gasteiger partial charge >= 0.3 is 0 Å². The molecule has 2 aromatic rings. The molecule has 0 fully saturated rings. The molecule has 1 aliphatic rings. The number of hydrogen-bond donors (Lipinski definition) is 1. The van der Waals surface area contributed by atoms with Gasteiger partial charge in [-0.15, -0.1) is 0 Å². The SMILES string of the molecule is CCCn1nccc1C(NCC)C1COc2ccccc21. The Balaban J connectivity index is 1.94. The van der Waals surface area contributed by atoms with E-state index >= 15 is 0 Å². The number of benzene rings is 1. The van der Waals surface area contributed by atoms with Gasteiger partial charge in [0.15, 0.2) is 0 Å². The normalized spacial score (nSPS) is 18.3. The first kappa shape index (κ1) is 14.1. The third-order valence-corrected chi connectivity index (χ3v) is 4.07. The fourth-order valence-corrected chi connectivity index (χ4v) is 3.14. The third kappa shape index (κ3) is 2.68. The van der Waals surface area contributed by atoms with E-state index < -0.39 is 0 Å². The van der Waals surface area contributed by atoms with Gasteiger partial charge in [-0.1, -0.05) is 32.0 Å². The Labute approximate surface area is 126 Å². The number of aryl methyl sites for hydroxylation is 1. The number of para-hydroxylation sites is 1. The summed E-state index contributed by atoms with van der Waals surface area (Å²) in [6.45, 7) is 6.95. The number of likely N-dealkylation sites (N-methyl/N-ethyl adjacent to an activating group) is 1. The van der Waals surface area contributed by atoms with E-state index in [2.05, 4.69) is 53.2 Å². The van der Waals surface area contributed by atoms with Crippen LogP contribution in [0.25, 0.3) is 0 Å². The molecule has 4 heteroatoms. The summed E-state index contributed by atoms with van der Waals surface area (Å²) in [6.07, 6.45) is 2.99. The summed E-state index contributed by atoms with van der Waals surface area (Å²) >= 11 is 0. The predicted molar refractivity (Wildman–Crippen MR) is 83.6 cm³/mol.